The molecule has 5 nitrogen and oxygen atoms in total. The summed E-state index contributed by atoms with van der Waals surface area (Å²) in [5.41, 5.74) is 3.28. The summed E-state index contributed by atoms with van der Waals surface area (Å²) < 4.78 is 5.00. The van der Waals surface area contributed by atoms with E-state index < -0.39 is 0 Å². The number of aromatic hydroxyl groups is 1. The number of methoxy groups -OCH3 is 1. The van der Waals surface area contributed by atoms with Crippen molar-refractivity contribution in [2.45, 2.75) is 19.8 Å². The van der Waals surface area contributed by atoms with Crippen LogP contribution in [0.5, 0.6) is 11.5 Å². The molecule has 4 N–H and O–H groups in total. The second kappa shape index (κ2) is 7.78. The Morgan fingerprint density at radius 2 is 1.48 bits per heavy atom. The molecule has 2 aromatic carbocycles. The molecular formula is C18H20O5. The number of aliphatic hydroxyl groups excluding tert-OH is 3. The summed E-state index contributed by atoms with van der Waals surface area (Å²) in [6.45, 7) is -0.663. The van der Waals surface area contributed by atoms with E-state index in [1.165, 1.54) is 7.11 Å². The summed E-state index contributed by atoms with van der Waals surface area (Å²) in [4.78, 5) is 0. The van der Waals surface area contributed by atoms with Crippen molar-refractivity contribution in [2.24, 2.45) is 0 Å². The number of ether oxygens (including phenoxy) is 1. The van der Waals surface area contributed by atoms with E-state index in [9.17, 15) is 20.4 Å². The summed E-state index contributed by atoms with van der Waals surface area (Å²) in [7, 11) is 1.49. The highest BCUT2D eigenvalue weighted by Gasteiger charge is 2.08. The molecule has 0 fully saturated rings. The summed E-state index contributed by atoms with van der Waals surface area (Å²) in [5, 5.41) is 37.9. The van der Waals surface area contributed by atoms with Crippen molar-refractivity contribution in [1.29, 1.82) is 0 Å². The van der Waals surface area contributed by atoms with Crippen molar-refractivity contribution in [3.8, 4) is 11.5 Å². The average Bonchev–Trinajstić information content (AvgIpc) is 2.58. The van der Waals surface area contributed by atoms with Crippen LogP contribution in [0.1, 0.15) is 27.8 Å². The van der Waals surface area contributed by atoms with Crippen LogP contribution in [-0.2, 0) is 19.8 Å². The van der Waals surface area contributed by atoms with Crippen LogP contribution in [0.2, 0.25) is 0 Å². The molecule has 122 valence electrons. The van der Waals surface area contributed by atoms with Crippen molar-refractivity contribution >= 4 is 12.2 Å². The first kappa shape index (κ1) is 17.0. The quantitative estimate of drug-likeness (QED) is 0.612. The molecule has 0 aliphatic heterocycles. The van der Waals surface area contributed by atoms with E-state index in [0.29, 0.717) is 22.4 Å². The zero-order chi connectivity index (χ0) is 16.8. The van der Waals surface area contributed by atoms with Crippen molar-refractivity contribution in [1.82, 2.24) is 0 Å². The second-order valence-corrected chi connectivity index (χ2v) is 5.06. The Bertz CT molecular complexity index is 682. The predicted molar refractivity (Wildman–Crippen MR) is 87.8 cm³/mol. The molecule has 0 bridgehead atoms. The van der Waals surface area contributed by atoms with Crippen molar-refractivity contribution in [3.05, 3.63) is 58.1 Å². The summed E-state index contributed by atoms with van der Waals surface area (Å²) in [6.07, 6.45) is 3.61. The van der Waals surface area contributed by atoms with Gasteiger partial charge in [0.05, 0.1) is 26.9 Å². The van der Waals surface area contributed by atoms with Gasteiger partial charge in [0, 0.05) is 0 Å². The lowest BCUT2D eigenvalue weighted by molar-refractivity contribution is 0.247. The summed E-state index contributed by atoms with van der Waals surface area (Å²) in [6, 6.07) is 8.56. The topological polar surface area (TPSA) is 90.2 Å². The van der Waals surface area contributed by atoms with Crippen LogP contribution in [0.4, 0.5) is 0 Å². The number of aliphatic hydroxyl groups is 3. The van der Waals surface area contributed by atoms with Crippen LogP contribution < -0.4 is 4.74 Å². The molecule has 23 heavy (non-hydrogen) atoms. The smallest absolute Gasteiger partial charge is 0.160 e. The molecule has 0 heterocycles. The summed E-state index contributed by atoms with van der Waals surface area (Å²) >= 11 is 0. The van der Waals surface area contributed by atoms with Crippen LogP contribution in [0, 0.1) is 0 Å². The van der Waals surface area contributed by atoms with Crippen molar-refractivity contribution in [3.63, 3.8) is 0 Å². The highest BCUT2D eigenvalue weighted by molar-refractivity contribution is 5.71. The third kappa shape index (κ3) is 3.90. The fourth-order valence-corrected chi connectivity index (χ4v) is 2.41. The van der Waals surface area contributed by atoms with Gasteiger partial charge in [0.1, 0.15) is 0 Å². The molecule has 0 unspecified atom stereocenters. The number of phenols is 1. The monoisotopic (exact) mass is 316 g/mol. The van der Waals surface area contributed by atoms with E-state index in [0.717, 1.165) is 11.1 Å². The largest absolute Gasteiger partial charge is 0.504 e. The standard InChI is InChI=1S/C18H20O5/c1-23-18-5-4-12(8-17(18)22)2-3-13-6-14(9-19)16(11-21)15(7-13)10-20/h2-8,19-22H,9-11H2,1H3. The molecule has 0 aliphatic rings. The fraction of sp³-hybridized carbons (Fsp3) is 0.222. The average molecular weight is 316 g/mol. The van der Waals surface area contributed by atoms with Crippen LogP contribution in [-0.4, -0.2) is 27.5 Å². The lowest BCUT2D eigenvalue weighted by Crippen LogP contribution is -2.01. The lowest BCUT2D eigenvalue weighted by atomic mass is 9.98. The Hall–Kier alpha value is -2.34. The lowest BCUT2D eigenvalue weighted by Gasteiger charge is -2.11. The van der Waals surface area contributed by atoms with E-state index in [1.54, 1.807) is 42.5 Å². The maximum absolute atomic E-state index is 9.77. The van der Waals surface area contributed by atoms with Crippen LogP contribution in [0.25, 0.3) is 12.2 Å². The van der Waals surface area contributed by atoms with Gasteiger partial charge in [-0.1, -0.05) is 18.2 Å². The van der Waals surface area contributed by atoms with Gasteiger partial charge in [0.15, 0.2) is 11.5 Å². The molecule has 0 aliphatic carbocycles. The molecule has 0 radical (unpaired) electrons. The van der Waals surface area contributed by atoms with Gasteiger partial charge in [-0.2, -0.15) is 0 Å². The van der Waals surface area contributed by atoms with Gasteiger partial charge in [-0.15, -0.1) is 0 Å². The highest BCUT2D eigenvalue weighted by atomic mass is 16.5. The molecule has 5 heteroatoms. The molecule has 0 aromatic heterocycles. The van der Waals surface area contributed by atoms with Crippen molar-refractivity contribution < 1.29 is 25.2 Å². The van der Waals surface area contributed by atoms with E-state index in [1.807, 2.05) is 0 Å². The minimum absolute atomic E-state index is 0.0531. The van der Waals surface area contributed by atoms with Gasteiger partial charge in [0.2, 0.25) is 0 Å². The van der Waals surface area contributed by atoms with Gasteiger partial charge in [-0.05, 0) is 52.1 Å². The highest BCUT2D eigenvalue weighted by Crippen LogP contribution is 2.27. The zero-order valence-corrected chi connectivity index (χ0v) is 12.9. The van der Waals surface area contributed by atoms with E-state index in [2.05, 4.69) is 0 Å². The molecule has 0 spiro atoms. The number of benzene rings is 2. The Balaban J connectivity index is 2.34. The first-order valence-electron chi connectivity index (χ1n) is 7.15. The van der Waals surface area contributed by atoms with Gasteiger partial charge < -0.3 is 25.2 Å². The van der Waals surface area contributed by atoms with Gasteiger partial charge in [0.25, 0.3) is 0 Å². The predicted octanol–water partition coefficient (Wildman–Crippen LogP) is 2.05. The van der Waals surface area contributed by atoms with Gasteiger partial charge >= 0.3 is 0 Å². The van der Waals surface area contributed by atoms with Gasteiger partial charge in [-0.25, -0.2) is 0 Å². The molecular weight excluding hydrogens is 296 g/mol. The third-order valence-electron chi connectivity index (χ3n) is 3.63. The normalized spacial score (nSPS) is 11.1. The first-order valence-corrected chi connectivity index (χ1v) is 7.15. The molecule has 0 saturated carbocycles. The first-order chi connectivity index (χ1) is 11.1. The maximum atomic E-state index is 9.77. The van der Waals surface area contributed by atoms with E-state index in [4.69, 9.17) is 4.74 Å². The zero-order valence-electron chi connectivity index (χ0n) is 12.9. The fourth-order valence-electron chi connectivity index (χ4n) is 2.41. The van der Waals surface area contributed by atoms with E-state index >= 15 is 0 Å². The Kier molecular flexibility index (Phi) is 5.76. The second-order valence-electron chi connectivity index (χ2n) is 5.06. The number of phenolic OH excluding ortho intramolecular Hbond substituents is 1. The van der Waals surface area contributed by atoms with Gasteiger partial charge in [-0.3, -0.25) is 0 Å². The minimum Gasteiger partial charge on any atom is -0.504 e. The molecule has 2 aromatic rings. The molecule has 2 rings (SSSR count). The maximum Gasteiger partial charge on any atom is 0.160 e. The Morgan fingerprint density at radius 3 is 1.96 bits per heavy atom. The van der Waals surface area contributed by atoms with Crippen LogP contribution in [0.3, 0.4) is 0 Å². The summed E-state index contributed by atoms with van der Waals surface area (Å²) in [5.74, 6) is 0.456. The van der Waals surface area contributed by atoms with Crippen molar-refractivity contribution in [2.75, 3.05) is 7.11 Å². The molecule has 0 amide bonds. The van der Waals surface area contributed by atoms with Crippen LogP contribution in [0.15, 0.2) is 30.3 Å². The number of rotatable bonds is 6. The Labute approximate surface area is 134 Å². The SMILES string of the molecule is COc1ccc(C=Cc2cc(CO)c(CO)c(CO)c2)cc1O. The number of hydrogen-bond donors (Lipinski definition) is 4. The minimum atomic E-state index is -0.234. The third-order valence-corrected chi connectivity index (χ3v) is 3.63. The van der Waals surface area contributed by atoms with E-state index in [-0.39, 0.29) is 25.6 Å². The number of hydrogen-bond acceptors (Lipinski definition) is 5. The van der Waals surface area contributed by atoms with Crippen LogP contribution >= 0.6 is 0 Å². The molecule has 0 atom stereocenters. The molecule has 0 saturated heterocycles. The Morgan fingerprint density at radius 1 is 0.870 bits per heavy atom.